The lowest BCUT2D eigenvalue weighted by Gasteiger charge is -2.20. The first kappa shape index (κ1) is 8.31. The fourth-order valence-corrected chi connectivity index (χ4v) is 1.58. The summed E-state index contributed by atoms with van der Waals surface area (Å²) in [4.78, 5) is 0. The summed E-state index contributed by atoms with van der Waals surface area (Å²) in [6.07, 6.45) is 7.34. The number of oxime groups is 1. The van der Waals surface area contributed by atoms with Crippen LogP contribution < -0.4 is 0 Å². The molecule has 1 saturated carbocycles. The summed E-state index contributed by atoms with van der Waals surface area (Å²) in [6.45, 7) is 3.71. The number of allylic oxidation sites excluding steroid dienone is 1. The van der Waals surface area contributed by atoms with E-state index in [0.717, 1.165) is 43.7 Å². The zero-order valence-corrected chi connectivity index (χ0v) is 6.79. The van der Waals surface area contributed by atoms with Gasteiger partial charge in [-0.2, -0.15) is 0 Å². The molecule has 0 aromatic heterocycles. The second-order valence-corrected chi connectivity index (χ2v) is 3.13. The fourth-order valence-electron chi connectivity index (χ4n) is 1.58. The summed E-state index contributed by atoms with van der Waals surface area (Å²) in [5.74, 6) is 0.776. The normalized spacial score (nSPS) is 24.7. The van der Waals surface area contributed by atoms with Crippen LogP contribution in [0.4, 0.5) is 0 Å². The van der Waals surface area contributed by atoms with Crippen molar-refractivity contribution >= 4 is 5.71 Å². The first-order valence-corrected chi connectivity index (χ1v) is 4.17. The van der Waals surface area contributed by atoms with Gasteiger partial charge in [-0.1, -0.05) is 11.2 Å². The minimum Gasteiger partial charge on any atom is -0.411 e. The summed E-state index contributed by atoms with van der Waals surface area (Å²) in [5, 5.41) is 11.7. The minimum absolute atomic E-state index is 0.776. The topological polar surface area (TPSA) is 32.6 Å². The van der Waals surface area contributed by atoms with Crippen molar-refractivity contribution in [1.82, 2.24) is 0 Å². The van der Waals surface area contributed by atoms with Crippen molar-refractivity contribution in [2.45, 2.75) is 32.1 Å². The van der Waals surface area contributed by atoms with E-state index in [4.69, 9.17) is 5.21 Å². The zero-order chi connectivity index (χ0) is 8.10. The SMILES string of the molecule is C=CCC1CCC(=NO)CC1. The predicted octanol–water partition coefficient (Wildman–Crippen LogP) is 2.58. The van der Waals surface area contributed by atoms with Gasteiger partial charge in [-0.15, -0.1) is 6.58 Å². The molecule has 0 atom stereocenters. The Morgan fingerprint density at radius 3 is 2.64 bits per heavy atom. The molecule has 0 aromatic rings. The van der Waals surface area contributed by atoms with Crippen LogP contribution in [0.3, 0.4) is 0 Å². The van der Waals surface area contributed by atoms with E-state index in [-0.39, 0.29) is 0 Å². The molecule has 0 spiro atoms. The molecule has 62 valence electrons. The minimum atomic E-state index is 0.776. The summed E-state index contributed by atoms with van der Waals surface area (Å²) in [7, 11) is 0. The van der Waals surface area contributed by atoms with Crippen LogP contribution >= 0.6 is 0 Å². The first-order chi connectivity index (χ1) is 5.36. The lowest BCUT2D eigenvalue weighted by molar-refractivity contribution is 0.310. The molecule has 1 rings (SSSR count). The van der Waals surface area contributed by atoms with Gasteiger partial charge < -0.3 is 5.21 Å². The lowest BCUT2D eigenvalue weighted by Crippen LogP contribution is -2.13. The van der Waals surface area contributed by atoms with Gasteiger partial charge in [-0.05, 0) is 38.0 Å². The average Bonchev–Trinajstić information content (AvgIpc) is 2.07. The molecule has 0 aliphatic heterocycles. The third-order valence-electron chi connectivity index (χ3n) is 2.32. The largest absolute Gasteiger partial charge is 0.411 e. The van der Waals surface area contributed by atoms with Crippen LogP contribution in [0.2, 0.25) is 0 Å². The van der Waals surface area contributed by atoms with Gasteiger partial charge in [-0.3, -0.25) is 0 Å². The van der Waals surface area contributed by atoms with Gasteiger partial charge in [0.15, 0.2) is 0 Å². The average molecular weight is 153 g/mol. The highest BCUT2D eigenvalue weighted by Gasteiger charge is 2.16. The van der Waals surface area contributed by atoms with E-state index in [1.807, 2.05) is 6.08 Å². The van der Waals surface area contributed by atoms with E-state index in [1.54, 1.807) is 0 Å². The maximum atomic E-state index is 8.47. The zero-order valence-electron chi connectivity index (χ0n) is 6.79. The Bertz CT molecular complexity index is 153. The molecule has 1 fully saturated rings. The van der Waals surface area contributed by atoms with Crippen LogP contribution in [0, 0.1) is 5.92 Å². The first-order valence-electron chi connectivity index (χ1n) is 4.17. The summed E-state index contributed by atoms with van der Waals surface area (Å²) < 4.78 is 0. The van der Waals surface area contributed by atoms with E-state index in [0.29, 0.717) is 0 Å². The predicted molar refractivity (Wildman–Crippen MR) is 46.0 cm³/mol. The molecule has 0 aromatic carbocycles. The van der Waals surface area contributed by atoms with Crippen LogP contribution in [0.1, 0.15) is 32.1 Å². The summed E-state index contributed by atoms with van der Waals surface area (Å²) >= 11 is 0. The monoisotopic (exact) mass is 153 g/mol. The molecule has 2 nitrogen and oxygen atoms in total. The molecule has 0 bridgehead atoms. The molecule has 0 unspecified atom stereocenters. The van der Waals surface area contributed by atoms with Crippen molar-refractivity contribution in [1.29, 1.82) is 0 Å². The Labute approximate surface area is 67.6 Å². The smallest absolute Gasteiger partial charge is 0.0571 e. The number of rotatable bonds is 2. The van der Waals surface area contributed by atoms with Gasteiger partial charge >= 0.3 is 0 Å². The Morgan fingerprint density at radius 2 is 2.18 bits per heavy atom. The van der Waals surface area contributed by atoms with E-state index in [2.05, 4.69) is 11.7 Å². The number of hydrogen-bond donors (Lipinski definition) is 1. The summed E-state index contributed by atoms with van der Waals surface area (Å²) in [6, 6.07) is 0. The van der Waals surface area contributed by atoms with Crippen molar-refractivity contribution in [2.75, 3.05) is 0 Å². The third kappa shape index (κ3) is 2.37. The molecular weight excluding hydrogens is 138 g/mol. The van der Waals surface area contributed by atoms with E-state index in [1.165, 1.54) is 0 Å². The second-order valence-electron chi connectivity index (χ2n) is 3.13. The molecule has 0 amide bonds. The van der Waals surface area contributed by atoms with Gasteiger partial charge in [-0.25, -0.2) is 0 Å². The van der Waals surface area contributed by atoms with Crippen molar-refractivity contribution in [3.63, 3.8) is 0 Å². The molecule has 0 saturated heterocycles. The highest BCUT2D eigenvalue weighted by atomic mass is 16.4. The van der Waals surface area contributed by atoms with Crippen LogP contribution in [-0.4, -0.2) is 10.9 Å². The molecule has 0 radical (unpaired) electrons. The second kappa shape index (κ2) is 4.16. The van der Waals surface area contributed by atoms with E-state index >= 15 is 0 Å². The van der Waals surface area contributed by atoms with Crippen molar-refractivity contribution in [3.8, 4) is 0 Å². The van der Waals surface area contributed by atoms with Crippen LogP contribution in [0.25, 0.3) is 0 Å². The van der Waals surface area contributed by atoms with Crippen LogP contribution in [-0.2, 0) is 0 Å². The maximum Gasteiger partial charge on any atom is 0.0571 e. The number of nitrogens with zero attached hydrogens (tertiary/aromatic N) is 1. The van der Waals surface area contributed by atoms with Crippen LogP contribution in [0.5, 0.6) is 0 Å². The summed E-state index contributed by atoms with van der Waals surface area (Å²) in [5.41, 5.74) is 0.963. The molecule has 1 N–H and O–H groups in total. The van der Waals surface area contributed by atoms with Gasteiger partial charge in [0.05, 0.1) is 5.71 Å². The number of hydrogen-bond acceptors (Lipinski definition) is 2. The Hall–Kier alpha value is -0.790. The van der Waals surface area contributed by atoms with Gasteiger partial charge in [0.25, 0.3) is 0 Å². The standard InChI is InChI=1S/C9H15NO/c1-2-3-8-4-6-9(10-11)7-5-8/h2,8,11H,1,3-7H2. The Morgan fingerprint density at radius 1 is 1.55 bits per heavy atom. The Balaban J connectivity index is 2.29. The van der Waals surface area contributed by atoms with Crippen molar-refractivity contribution in [2.24, 2.45) is 11.1 Å². The van der Waals surface area contributed by atoms with Crippen LogP contribution in [0.15, 0.2) is 17.8 Å². The highest BCUT2D eigenvalue weighted by Crippen LogP contribution is 2.24. The molecule has 2 heteroatoms. The molecule has 1 aliphatic rings. The highest BCUT2D eigenvalue weighted by molar-refractivity contribution is 5.84. The van der Waals surface area contributed by atoms with Gasteiger partial charge in [0, 0.05) is 0 Å². The Kier molecular flexibility index (Phi) is 3.14. The fraction of sp³-hybridized carbons (Fsp3) is 0.667. The third-order valence-corrected chi connectivity index (χ3v) is 2.32. The molecule has 11 heavy (non-hydrogen) atoms. The quantitative estimate of drug-likeness (QED) is 0.369. The van der Waals surface area contributed by atoms with Gasteiger partial charge in [0.2, 0.25) is 0 Å². The molecule has 1 aliphatic carbocycles. The van der Waals surface area contributed by atoms with Crippen molar-refractivity contribution < 1.29 is 5.21 Å². The molecule has 0 heterocycles. The van der Waals surface area contributed by atoms with E-state index in [9.17, 15) is 0 Å². The molecular formula is C9H15NO. The van der Waals surface area contributed by atoms with Crippen molar-refractivity contribution in [3.05, 3.63) is 12.7 Å². The van der Waals surface area contributed by atoms with Gasteiger partial charge in [0.1, 0.15) is 0 Å². The lowest BCUT2D eigenvalue weighted by atomic mass is 9.86. The maximum absolute atomic E-state index is 8.47. The van der Waals surface area contributed by atoms with E-state index < -0.39 is 0 Å².